The quantitative estimate of drug-likeness (QED) is 0.176. The first-order chi connectivity index (χ1) is 26.8. The van der Waals surface area contributed by atoms with Crippen LogP contribution in [-0.2, 0) is 16.2 Å². The fraction of sp³-hybridized carbons (Fsp3) is 0.222. The fourth-order valence-electron chi connectivity index (χ4n) is 11.5. The summed E-state index contributed by atoms with van der Waals surface area (Å²) in [6.07, 6.45) is 6.34. The van der Waals surface area contributed by atoms with E-state index in [1.54, 1.807) is 0 Å². The molecule has 0 N–H and O–H groups in total. The third kappa shape index (κ3) is 4.53. The van der Waals surface area contributed by atoms with E-state index in [0.717, 1.165) is 0 Å². The van der Waals surface area contributed by atoms with Gasteiger partial charge in [-0.1, -0.05) is 162 Å². The van der Waals surface area contributed by atoms with Crippen molar-refractivity contribution in [2.24, 2.45) is 0 Å². The Hall–Kier alpha value is -5.66. The van der Waals surface area contributed by atoms with Gasteiger partial charge in [-0.3, -0.25) is 0 Å². The molecule has 11 rings (SSSR count). The highest BCUT2D eigenvalue weighted by Gasteiger charge is 2.44. The first-order valence-electron chi connectivity index (χ1n) is 20.4. The monoisotopic (exact) mass is 709 g/mol. The molecule has 1 saturated carbocycles. The highest BCUT2D eigenvalue weighted by Crippen LogP contribution is 2.58. The molecule has 0 saturated heterocycles. The van der Waals surface area contributed by atoms with Gasteiger partial charge in [-0.05, 0) is 127 Å². The van der Waals surface area contributed by atoms with Crippen LogP contribution in [0.3, 0.4) is 0 Å². The van der Waals surface area contributed by atoms with Gasteiger partial charge in [-0.2, -0.15) is 0 Å². The largest absolute Gasteiger partial charge is 0.310 e. The van der Waals surface area contributed by atoms with E-state index in [4.69, 9.17) is 0 Å². The third-order valence-corrected chi connectivity index (χ3v) is 14.0. The summed E-state index contributed by atoms with van der Waals surface area (Å²) in [6, 6.07) is 58.1. The van der Waals surface area contributed by atoms with Gasteiger partial charge in [0.25, 0.3) is 0 Å². The highest BCUT2D eigenvalue weighted by molar-refractivity contribution is 5.92. The maximum Gasteiger partial charge on any atom is 0.0467 e. The highest BCUT2D eigenvalue weighted by atomic mass is 15.1. The molecule has 0 radical (unpaired) electrons. The van der Waals surface area contributed by atoms with E-state index in [-0.39, 0.29) is 16.2 Å². The van der Waals surface area contributed by atoms with Gasteiger partial charge in [0.05, 0.1) is 0 Å². The Bertz CT molecular complexity index is 2700. The van der Waals surface area contributed by atoms with Gasteiger partial charge in [-0.25, -0.2) is 0 Å². The Labute approximate surface area is 326 Å². The molecule has 1 spiro atoms. The van der Waals surface area contributed by atoms with Crippen molar-refractivity contribution in [1.29, 1.82) is 0 Å². The van der Waals surface area contributed by atoms with Gasteiger partial charge < -0.3 is 4.90 Å². The summed E-state index contributed by atoms with van der Waals surface area (Å²) in [4.78, 5) is 2.55. The lowest BCUT2D eigenvalue weighted by Crippen LogP contribution is -2.28. The summed E-state index contributed by atoms with van der Waals surface area (Å²) < 4.78 is 0. The predicted octanol–water partition coefficient (Wildman–Crippen LogP) is 14.7. The molecule has 1 fully saturated rings. The van der Waals surface area contributed by atoms with Gasteiger partial charge in [0.1, 0.15) is 0 Å². The molecule has 7 aromatic rings. The number of hydrogen-bond acceptors (Lipinski definition) is 1. The summed E-state index contributed by atoms with van der Waals surface area (Å²) >= 11 is 0. The topological polar surface area (TPSA) is 3.24 Å². The molecule has 7 aromatic carbocycles. The van der Waals surface area contributed by atoms with Crippen molar-refractivity contribution < 1.29 is 0 Å². The average Bonchev–Trinajstić information content (AvgIpc) is 3.72. The Kier molecular flexibility index (Phi) is 6.95. The molecule has 0 heterocycles. The molecule has 55 heavy (non-hydrogen) atoms. The van der Waals surface area contributed by atoms with Gasteiger partial charge in [0.15, 0.2) is 0 Å². The number of rotatable bonds is 4. The van der Waals surface area contributed by atoms with Crippen molar-refractivity contribution in [2.75, 3.05) is 4.90 Å². The Morgan fingerprint density at radius 2 is 0.855 bits per heavy atom. The summed E-state index contributed by atoms with van der Waals surface area (Å²) in [6.45, 7) is 9.57. The van der Waals surface area contributed by atoms with E-state index in [1.165, 1.54) is 127 Å². The first-order valence-corrected chi connectivity index (χ1v) is 20.4. The van der Waals surface area contributed by atoms with Crippen LogP contribution in [0.5, 0.6) is 0 Å². The fourth-order valence-corrected chi connectivity index (χ4v) is 11.5. The first kappa shape index (κ1) is 32.7. The van der Waals surface area contributed by atoms with Crippen LogP contribution in [0.4, 0.5) is 17.1 Å². The maximum atomic E-state index is 2.57. The van der Waals surface area contributed by atoms with E-state index in [9.17, 15) is 0 Å². The van der Waals surface area contributed by atoms with Crippen LogP contribution >= 0.6 is 0 Å². The lowest BCUT2D eigenvalue weighted by Gasteiger charge is -2.36. The summed E-state index contributed by atoms with van der Waals surface area (Å²) in [7, 11) is 0. The number of nitrogens with zero attached hydrogens (tertiary/aromatic N) is 1. The lowest BCUT2D eigenvalue weighted by molar-refractivity contribution is 0.353. The van der Waals surface area contributed by atoms with Crippen molar-refractivity contribution >= 4 is 17.1 Å². The van der Waals surface area contributed by atoms with E-state index in [1.807, 2.05) is 0 Å². The van der Waals surface area contributed by atoms with E-state index in [2.05, 4.69) is 184 Å². The number of fused-ring (bicyclic) bond motifs is 11. The molecule has 0 aliphatic heterocycles. The normalized spacial score (nSPS) is 17.2. The second-order valence-corrected chi connectivity index (χ2v) is 17.6. The molecule has 268 valence electrons. The van der Waals surface area contributed by atoms with Gasteiger partial charge in [0.2, 0.25) is 0 Å². The number of anilines is 3. The average molecular weight is 710 g/mol. The van der Waals surface area contributed by atoms with Crippen molar-refractivity contribution in [2.45, 2.75) is 76.0 Å². The van der Waals surface area contributed by atoms with Crippen LogP contribution in [0.25, 0.3) is 44.5 Å². The molecule has 0 atom stereocenters. The lowest BCUT2D eigenvalue weighted by atomic mass is 9.68. The molecule has 4 aliphatic carbocycles. The second kappa shape index (κ2) is 11.7. The molecule has 1 heteroatoms. The second-order valence-electron chi connectivity index (χ2n) is 17.6. The SMILES string of the molecule is CC1(C)c2ccccc2-c2ccc(N(c3cccc(-c4cccc5c4C(C)(C)c4ccccc4-5)c3)c3ccc4c(c3)C3(CCCCC3)c3ccccc3-4)cc21. The van der Waals surface area contributed by atoms with Gasteiger partial charge in [-0.15, -0.1) is 0 Å². The van der Waals surface area contributed by atoms with Crippen LogP contribution in [0.1, 0.15) is 93.2 Å². The van der Waals surface area contributed by atoms with E-state index < -0.39 is 0 Å². The molecule has 0 unspecified atom stereocenters. The molecule has 0 bridgehead atoms. The minimum absolute atomic E-state index is 0.0838. The molecule has 1 nitrogen and oxygen atoms in total. The summed E-state index contributed by atoms with van der Waals surface area (Å²) in [5, 5.41) is 0. The smallest absolute Gasteiger partial charge is 0.0467 e. The van der Waals surface area contributed by atoms with E-state index >= 15 is 0 Å². The van der Waals surface area contributed by atoms with Crippen LogP contribution in [0.2, 0.25) is 0 Å². The molecule has 4 aliphatic rings. The van der Waals surface area contributed by atoms with Crippen LogP contribution in [0.15, 0.2) is 152 Å². The molecule has 0 aromatic heterocycles. The van der Waals surface area contributed by atoms with Crippen LogP contribution < -0.4 is 4.90 Å². The minimum Gasteiger partial charge on any atom is -0.310 e. The van der Waals surface area contributed by atoms with Crippen molar-refractivity contribution in [3.63, 3.8) is 0 Å². The zero-order valence-corrected chi connectivity index (χ0v) is 32.4. The number of hydrogen-bond donors (Lipinski definition) is 0. The Balaban J connectivity index is 1.11. The maximum absolute atomic E-state index is 2.57. The third-order valence-electron chi connectivity index (χ3n) is 14.0. The van der Waals surface area contributed by atoms with Crippen LogP contribution in [-0.4, -0.2) is 0 Å². The standard InChI is InChI=1S/C54H47N/c1-52(2)46-23-9-6-18-40(46)43-28-26-37(33-49(43)52)55(38-27-29-44-41-19-8-11-25-48(41)54(50(44)34-38)30-12-5-13-31-54)36-17-14-16-35(32-36)39-21-15-22-45-42-20-7-10-24-47(42)53(3,4)51(39)45/h6-11,14-29,32-34H,5,12-13,30-31H2,1-4H3. The van der Waals surface area contributed by atoms with Crippen molar-refractivity contribution in [3.8, 4) is 44.5 Å². The molecule has 0 amide bonds. The van der Waals surface area contributed by atoms with E-state index in [0.29, 0.717) is 0 Å². The summed E-state index contributed by atoms with van der Waals surface area (Å²) in [5.74, 6) is 0. The van der Waals surface area contributed by atoms with Crippen molar-refractivity contribution in [3.05, 3.63) is 185 Å². The van der Waals surface area contributed by atoms with Gasteiger partial charge in [0, 0.05) is 33.3 Å². The van der Waals surface area contributed by atoms with Crippen molar-refractivity contribution in [1.82, 2.24) is 0 Å². The zero-order chi connectivity index (χ0) is 37.1. The Morgan fingerprint density at radius 1 is 0.364 bits per heavy atom. The predicted molar refractivity (Wildman–Crippen MR) is 231 cm³/mol. The molecular formula is C54H47N. The zero-order valence-electron chi connectivity index (χ0n) is 32.4. The van der Waals surface area contributed by atoms with Gasteiger partial charge >= 0.3 is 0 Å². The van der Waals surface area contributed by atoms with Crippen LogP contribution in [0, 0.1) is 0 Å². The Morgan fingerprint density at radius 3 is 1.56 bits per heavy atom. The molecular weight excluding hydrogens is 663 g/mol. The number of benzene rings is 7. The summed E-state index contributed by atoms with van der Waals surface area (Å²) in [5.41, 5.74) is 23.1. The minimum atomic E-state index is -0.0951.